The fraction of sp³-hybridized carbons (Fsp3) is 0.417. The van der Waals surface area contributed by atoms with Crippen LogP contribution >= 0.6 is 23.2 Å². The molecular weight excluding hydrogens is 311 g/mol. The van der Waals surface area contributed by atoms with Crippen molar-refractivity contribution >= 4 is 38.8 Å². The zero-order chi connectivity index (χ0) is 14.0. The van der Waals surface area contributed by atoms with E-state index in [9.17, 15) is 13.2 Å². The van der Waals surface area contributed by atoms with Crippen molar-refractivity contribution in [1.29, 1.82) is 0 Å². The molecule has 0 amide bonds. The molecule has 1 fully saturated rings. The van der Waals surface area contributed by atoms with Gasteiger partial charge in [0.05, 0.1) is 16.7 Å². The molecule has 1 heterocycles. The molecule has 0 bridgehead atoms. The van der Waals surface area contributed by atoms with Crippen molar-refractivity contribution in [3.8, 4) is 0 Å². The van der Waals surface area contributed by atoms with E-state index in [0.717, 1.165) is 0 Å². The van der Waals surface area contributed by atoms with Crippen LogP contribution in [0.1, 0.15) is 6.42 Å². The number of Topliss-reactive ketones (excluding diaryl/α,β-unsaturated/α-hetero) is 1. The van der Waals surface area contributed by atoms with E-state index < -0.39 is 15.6 Å². The van der Waals surface area contributed by atoms with E-state index in [2.05, 4.69) is 0 Å². The van der Waals surface area contributed by atoms with Crippen LogP contribution in [0.15, 0.2) is 23.1 Å². The fourth-order valence-corrected chi connectivity index (χ4v) is 4.53. The Balaban J connectivity index is 2.25. The van der Waals surface area contributed by atoms with Crippen LogP contribution in [0, 0.1) is 5.92 Å². The van der Waals surface area contributed by atoms with Crippen LogP contribution < -0.4 is 0 Å². The number of hydrogen-bond acceptors (Lipinski definition) is 4. The molecule has 1 saturated heterocycles. The maximum absolute atomic E-state index is 12.2. The van der Waals surface area contributed by atoms with Crippen molar-refractivity contribution < 1.29 is 17.9 Å². The highest BCUT2D eigenvalue weighted by Gasteiger charge is 2.30. The van der Waals surface area contributed by atoms with E-state index in [1.54, 1.807) is 6.07 Å². The van der Waals surface area contributed by atoms with Gasteiger partial charge in [0.15, 0.2) is 15.6 Å². The zero-order valence-electron chi connectivity index (χ0n) is 9.93. The predicted octanol–water partition coefficient (Wildman–Crippen LogP) is 2.37. The highest BCUT2D eigenvalue weighted by molar-refractivity contribution is 7.92. The molecule has 0 aromatic heterocycles. The molecule has 1 unspecified atom stereocenters. The number of rotatable bonds is 4. The SMILES string of the molecule is O=C(CS(=O)(=O)c1c(Cl)cccc1Cl)C1CCOC1. The van der Waals surface area contributed by atoms with E-state index >= 15 is 0 Å². The molecule has 0 saturated carbocycles. The van der Waals surface area contributed by atoms with Gasteiger partial charge in [0.2, 0.25) is 0 Å². The third-order valence-corrected chi connectivity index (χ3v) is 5.53. The molecule has 0 radical (unpaired) electrons. The van der Waals surface area contributed by atoms with Crippen molar-refractivity contribution in [2.24, 2.45) is 5.92 Å². The Morgan fingerprint density at radius 2 is 1.95 bits per heavy atom. The Labute approximate surface area is 121 Å². The summed E-state index contributed by atoms with van der Waals surface area (Å²) < 4.78 is 29.5. The quantitative estimate of drug-likeness (QED) is 0.853. The van der Waals surface area contributed by atoms with Crippen LogP contribution in [0.2, 0.25) is 10.0 Å². The molecule has 7 heteroatoms. The monoisotopic (exact) mass is 322 g/mol. The van der Waals surface area contributed by atoms with Gasteiger partial charge in [0, 0.05) is 12.5 Å². The number of carbonyl (C=O) groups is 1. The first kappa shape index (κ1) is 14.8. The molecule has 1 aromatic rings. The van der Waals surface area contributed by atoms with E-state index in [1.165, 1.54) is 12.1 Å². The highest BCUT2D eigenvalue weighted by atomic mass is 35.5. The maximum Gasteiger partial charge on any atom is 0.188 e. The van der Waals surface area contributed by atoms with Gasteiger partial charge >= 0.3 is 0 Å². The lowest BCUT2D eigenvalue weighted by Gasteiger charge is -2.10. The molecule has 4 nitrogen and oxygen atoms in total. The lowest BCUT2D eigenvalue weighted by atomic mass is 10.1. The standard InChI is InChI=1S/C12H12Cl2O4S/c13-9-2-1-3-10(14)12(9)19(16,17)7-11(15)8-4-5-18-6-8/h1-3,8H,4-7H2. The number of sulfone groups is 1. The van der Waals surface area contributed by atoms with Crippen LogP contribution in [0.3, 0.4) is 0 Å². The molecular formula is C12H12Cl2O4S. The molecule has 1 aromatic carbocycles. The van der Waals surface area contributed by atoms with Gasteiger partial charge in [-0.25, -0.2) is 8.42 Å². The summed E-state index contributed by atoms with van der Waals surface area (Å²) in [6.45, 7) is 0.772. The summed E-state index contributed by atoms with van der Waals surface area (Å²) in [6, 6.07) is 4.42. The second-order valence-electron chi connectivity index (χ2n) is 4.34. The number of ether oxygens (including phenoxy) is 1. The predicted molar refractivity (Wildman–Crippen MR) is 72.4 cm³/mol. The van der Waals surface area contributed by atoms with Crippen molar-refractivity contribution in [3.63, 3.8) is 0 Å². The third kappa shape index (κ3) is 3.28. The highest BCUT2D eigenvalue weighted by Crippen LogP contribution is 2.30. The molecule has 0 aliphatic carbocycles. The van der Waals surface area contributed by atoms with Gasteiger partial charge in [-0.1, -0.05) is 29.3 Å². The van der Waals surface area contributed by atoms with Gasteiger partial charge in [0.25, 0.3) is 0 Å². The Morgan fingerprint density at radius 3 is 2.47 bits per heavy atom. The minimum Gasteiger partial charge on any atom is -0.381 e. The van der Waals surface area contributed by atoms with Gasteiger partial charge in [-0.15, -0.1) is 0 Å². The number of hydrogen-bond donors (Lipinski definition) is 0. The van der Waals surface area contributed by atoms with E-state index in [4.69, 9.17) is 27.9 Å². The van der Waals surface area contributed by atoms with Gasteiger partial charge in [-0.05, 0) is 18.6 Å². The molecule has 19 heavy (non-hydrogen) atoms. The first-order valence-corrected chi connectivity index (χ1v) is 8.10. The van der Waals surface area contributed by atoms with Crippen molar-refractivity contribution in [2.45, 2.75) is 11.3 Å². The van der Waals surface area contributed by atoms with Gasteiger partial charge in [0.1, 0.15) is 10.6 Å². The van der Waals surface area contributed by atoms with Crippen molar-refractivity contribution in [2.75, 3.05) is 19.0 Å². The average molecular weight is 323 g/mol. The largest absolute Gasteiger partial charge is 0.381 e. The number of halogens is 2. The molecule has 0 spiro atoms. The maximum atomic E-state index is 12.2. The van der Waals surface area contributed by atoms with E-state index in [0.29, 0.717) is 13.0 Å². The van der Waals surface area contributed by atoms with Crippen LogP contribution in [0.25, 0.3) is 0 Å². The van der Waals surface area contributed by atoms with Gasteiger partial charge < -0.3 is 4.74 Å². The topological polar surface area (TPSA) is 60.4 Å². The minimum atomic E-state index is -3.83. The first-order valence-electron chi connectivity index (χ1n) is 5.69. The zero-order valence-corrected chi connectivity index (χ0v) is 12.3. The number of carbonyl (C=O) groups excluding carboxylic acids is 1. The minimum absolute atomic E-state index is 0.0305. The molecule has 1 aliphatic rings. The summed E-state index contributed by atoms with van der Waals surface area (Å²) in [6.07, 6.45) is 0.560. The Morgan fingerprint density at radius 1 is 1.32 bits per heavy atom. The van der Waals surface area contributed by atoms with Gasteiger partial charge in [-0.2, -0.15) is 0 Å². The van der Waals surface area contributed by atoms with E-state index in [-0.39, 0.29) is 33.2 Å². The lowest BCUT2D eigenvalue weighted by Crippen LogP contribution is -2.24. The average Bonchev–Trinajstić information content (AvgIpc) is 2.80. The number of benzene rings is 1. The van der Waals surface area contributed by atoms with Crippen LogP contribution in [0.5, 0.6) is 0 Å². The van der Waals surface area contributed by atoms with Crippen LogP contribution in [-0.2, 0) is 19.4 Å². The first-order chi connectivity index (χ1) is 8.92. The van der Waals surface area contributed by atoms with Crippen LogP contribution in [0.4, 0.5) is 0 Å². The lowest BCUT2D eigenvalue weighted by molar-refractivity contribution is -0.120. The summed E-state index contributed by atoms with van der Waals surface area (Å²) in [5.41, 5.74) is 0. The molecule has 1 aliphatic heterocycles. The molecule has 1 atom stereocenters. The normalized spacial score (nSPS) is 19.6. The Kier molecular flexibility index (Phi) is 4.50. The number of ketones is 1. The fourth-order valence-electron chi connectivity index (χ4n) is 1.95. The van der Waals surface area contributed by atoms with Gasteiger partial charge in [-0.3, -0.25) is 4.79 Å². The van der Waals surface area contributed by atoms with Crippen LogP contribution in [-0.4, -0.2) is 33.2 Å². The third-order valence-electron chi connectivity index (χ3n) is 2.95. The Hall–Kier alpha value is -0.620. The van der Waals surface area contributed by atoms with E-state index in [1.807, 2.05) is 0 Å². The summed E-state index contributed by atoms with van der Waals surface area (Å²) >= 11 is 11.7. The van der Waals surface area contributed by atoms with Crippen molar-refractivity contribution in [3.05, 3.63) is 28.2 Å². The Bertz CT molecular complexity index is 571. The molecule has 0 N–H and O–H groups in total. The van der Waals surface area contributed by atoms with Crippen molar-refractivity contribution in [1.82, 2.24) is 0 Å². The summed E-state index contributed by atoms with van der Waals surface area (Å²) in [5.74, 6) is -1.30. The summed E-state index contributed by atoms with van der Waals surface area (Å²) in [4.78, 5) is 11.7. The smallest absolute Gasteiger partial charge is 0.188 e. The molecule has 104 valence electrons. The summed E-state index contributed by atoms with van der Waals surface area (Å²) in [5, 5.41) is 0.0611. The second-order valence-corrected chi connectivity index (χ2v) is 7.08. The molecule has 2 rings (SSSR count). The summed E-state index contributed by atoms with van der Waals surface area (Å²) in [7, 11) is -3.83. The second kappa shape index (κ2) is 5.79.